The van der Waals surface area contributed by atoms with Gasteiger partial charge in [-0.1, -0.05) is 48.2 Å². The molecular formula is C33H38FN7O3. The summed E-state index contributed by atoms with van der Waals surface area (Å²) in [6.07, 6.45) is 9.73. The molecule has 0 radical (unpaired) electrons. The lowest BCUT2D eigenvalue weighted by atomic mass is 9.87. The van der Waals surface area contributed by atoms with Crippen molar-refractivity contribution in [2.24, 2.45) is 16.3 Å². The molecule has 2 aliphatic rings. The van der Waals surface area contributed by atoms with Gasteiger partial charge in [-0.2, -0.15) is 5.10 Å². The number of aromatic nitrogens is 3. The van der Waals surface area contributed by atoms with Gasteiger partial charge in [0.15, 0.2) is 6.17 Å². The molecule has 3 aromatic rings. The van der Waals surface area contributed by atoms with Gasteiger partial charge in [-0.15, -0.1) is 5.11 Å². The third kappa shape index (κ3) is 6.81. The van der Waals surface area contributed by atoms with Gasteiger partial charge in [-0.05, 0) is 42.7 Å². The van der Waals surface area contributed by atoms with Gasteiger partial charge in [0.2, 0.25) is 0 Å². The van der Waals surface area contributed by atoms with E-state index in [-0.39, 0.29) is 11.3 Å². The smallest absolute Gasteiger partial charge is 0.250 e. The number of ether oxygens (including phenoxy) is 2. The fraction of sp³-hybridized carbons (Fsp3) is 0.364. The summed E-state index contributed by atoms with van der Waals surface area (Å²) in [6.45, 7) is 5.92. The molecule has 5 rings (SSSR count). The molecule has 3 unspecified atom stereocenters. The lowest BCUT2D eigenvalue weighted by Crippen LogP contribution is -2.46. The molecule has 0 saturated heterocycles. The molecule has 0 spiro atoms. The number of benzene rings is 1. The number of nitrogens with one attached hydrogen (secondary N) is 1. The van der Waals surface area contributed by atoms with Crippen LogP contribution in [-0.2, 0) is 34.7 Å². The number of hydrogen-bond donors (Lipinski definition) is 1. The van der Waals surface area contributed by atoms with E-state index in [0.29, 0.717) is 31.9 Å². The largest absolute Gasteiger partial charge is 0.498 e. The highest BCUT2D eigenvalue weighted by molar-refractivity contribution is 5.31. The SMILES string of the molecule is CCC(C)(NCC1C(N2C=C=CN=N2)=CC=C(OC)C1F)c1cn(Cc2ccc(Cn3ccccc3=O)cc2)nc1COC. The number of nitrogens with zero attached hydrogens (tertiary/aromatic N) is 6. The van der Waals surface area contributed by atoms with E-state index in [1.54, 1.807) is 47.3 Å². The molecule has 0 bridgehead atoms. The molecule has 1 aliphatic carbocycles. The number of rotatable bonds is 13. The summed E-state index contributed by atoms with van der Waals surface area (Å²) in [5.41, 5.74) is 6.92. The number of halogens is 1. The van der Waals surface area contributed by atoms with Crippen LogP contribution >= 0.6 is 0 Å². The van der Waals surface area contributed by atoms with Crippen LogP contribution in [0.3, 0.4) is 0 Å². The maximum absolute atomic E-state index is 15.7. The van der Waals surface area contributed by atoms with Gasteiger partial charge in [0.1, 0.15) is 5.76 Å². The van der Waals surface area contributed by atoms with Crippen LogP contribution in [0, 0.1) is 5.92 Å². The number of hydrogen-bond acceptors (Lipinski definition) is 8. The van der Waals surface area contributed by atoms with E-state index < -0.39 is 17.6 Å². The van der Waals surface area contributed by atoms with Gasteiger partial charge in [-0.3, -0.25) is 9.48 Å². The van der Waals surface area contributed by atoms with Crippen molar-refractivity contribution < 1.29 is 13.9 Å². The molecule has 1 aromatic carbocycles. The van der Waals surface area contributed by atoms with Crippen LogP contribution in [0.1, 0.15) is 42.7 Å². The van der Waals surface area contributed by atoms with Crippen molar-refractivity contribution in [2.75, 3.05) is 20.8 Å². The summed E-state index contributed by atoms with van der Waals surface area (Å²) in [5.74, 6) is -0.316. The molecule has 3 heterocycles. The first-order valence-corrected chi connectivity index (χ1v) is 14.6. The van der Waals surface area contributed by atoms with Gasteiger partial charge < -0.3 is 19.4 Å². The van der Waals surface area contributed by atoms with E-state index >= 15 is 4.39 Å². The van der Waals surface area contributed by atoms with Crippen LogP contribution in [0.25, 0.3) is 0 Å². The maximum atomic E-state index is 15.7. The highest BCUT2D eigenvalue weighted by Crippen LogP contribution is 2.34. The Morgan fingerprint density at radius 2 is 1.86 bits per heavy atom. The average Bonchev–Trinajstić information content (AvgIpc) is 3.45. The fourth-order valence-electron chi connectivity index (χ4n) is 5.45. The Bertz CT molecular complexity index is 1670. The van der Waals surface area contributed by atoms with Crippen molar-refractivity contribution >= 4 is 0 Å². The van der Waals surface area contributed by atoms with Crippen LogP contribution in [0.2, 0.25) is 0 Å². The fourth-order valence-corrected chi connectivity index (χ4v) is 5.45. The van der Waals surface area contributed by atoms with Crippen LogP contribution < -0.4 is 10.9 Å². The molecule has 11 heteroatoms. The summed E-state index contributed by atoms with van der Waals surface area (Å²) in [4.78, 5) is 12.1. The topological polar surface area (TPSA) is 98.3 Å². The van der Waals surface area contributed by atoms with E-state index in [9.17, 15) is 4.79 Å². The zero-order valence-corrected chi connectivity index (χ0v) is 25.5. The Morgan fingerprint density at radius 3 is 2.52 bits per heavy atom. The van der Waals surface area contributed by atoms with Crippen molar-refractivity contribution in [3.63, 3.8) is 0 Å². The van der Waals surface area contributed by atoms with Gasteiger partial charge in [0.25, 0.3) is 5.56 Å². The van der Waals surface area contributed by atoms with Crippen LogP contribution in [0.4, 0.5) is 4.39 Å². The lowest BCUT2D eigenvalue weighted by Gasteiger charge is -2.36. The molecule has 44 heavy (non-hydrogen) atoms. The maximum Gasteiger partial charge on any atom is 0.250 e. The van der Waals surface area contributed by atoms with Crippen molar-refractivity contribution in [3.05, 3.63) is 129 Å². The number of pyridine rings is 1. The molecule has 0 amide bonds. The molecule has 10 nitrogen and oxygen atoms in total. The van der Waals surface area contributed by atoms with Crippen LogP contribution in [0.15, 0.2) is 112 Å². The number of allylic oxidation sites excluding steroid dienone is 3. The first-order valence-electron chi connectivity index (χ1n) is 14.6. The third-order valence-electron chi connectivity index (χ3n) is 8.15. The van der Waals surface area contributed by atoms with Crippen molar-refractivity contribution in [1.29, 1.82) is 0 Å². The Labute approximate surface area is 256 Å². The number of alkyl halides is 1. The second-order valence-corrected chi connectivity index (χ2v) is 11.0. The lowest BCUT2D eigenvalue weighted by molar-refractivity contribution is 0.145. The third-order valence-corrected chi connectivity index (χ3v) is 8.15. The minimum Gasteiger partial charge on any atom is -0.498 e. The predicted molar refractivity (Wildman–Crippen MR) is 165 cm³/mol. The van der Waals surface area contributed by atoms with E-state index in [0.717, 1.165) is 28.8 Å². The van der Waals surface area contributed by atoms with Crippen molar-refractivity contribution in [2.45, 2.75) is 51.7 Å². The molecule has 3 atom stereocenters. The first kappa shape index (κ1) is 30.9. The normalized spacial score (nSPS) is 19.1. The van der Waals surface area contributed by atoms with E-state index in [4.69, 9.17) is 14.6 Å². The Kier molecular flexibility index (Phi) is 9.69. The standard InChI is InChI=1S/C33H38FN7O3/c1-5-33(2,35-19-26-29(41-18-8-16-36-38-41)14-15-30(44-4)32(26)34)27-22-40(37-28(27)23-43-3)21-25-12-10-24(11-13-25)20-39-17-7-6-9-31(39)42/h6-7,9-18,22,26,32,35H,5,19-21,23H2,1-4H3. The van der Waals surface area contributed by atoms with E-state index in [1.165, 1.54) is 13.3 Å². The zero-order chi connectivity index (χ0) is 31.1. The second kappa shape index (κ2) is 13.8. The number of methoxy groups -OCH3 is 2. The van der Waals surface area contributed by atoms with Crippen molar-refractivity contribution in [3.8, 4) is 0 Å². The molecule has 1 N–H and O–H groups in total. The van der Waals surface area contributed by atoms with Crippen molar-refractivity contribution in [1.82, 2.24) is 24.7 Å². The second-order valence-electron chi connectivity index (χ2n) is 11.0. The molecule has 2 aromatic heterocycles. The average molecular weight is 600 g/mol. The van der Waals surface area contributed by atoms with Gasteiger partial charge >= 0.3 is 0 Å². The first-order chi connectivity index (χ1) is 21.3. The van der Waals surface area contributed by atoms with E-state index in [1.807, 2.05) is 35.2 Å². The minimum absolute atomic E-state index is 0.0294. The molecule has 0 saturated carbocycles. The summed E-state index contributed by atoms with van der Waals surface area (Å²) in [7, 11) is 3.13. The predicted octanol–water partition coefficient (Wildman–Crippen LogP) is 5.19. The Morgan fingerprint density at radius 1 is 1.09 bits per heavy atom. The molecule has 230 valence electrons. The quantitative estimate of drug-likeness (QED) is 0.272. The van der Waals surface area contributed by atoms with Crippen LogP contribution in [0.5, 0.6) is 0 Å². The molecular weight excluding hydrogens is 561 g/mol. The van der Waals surface area contributed by atoms with Gasteiger partial charge in [0, 0.05) is 43.2 Å². The Hall–Kier alpha value is -4.57. The highest BCUT2D eigenvalue weighted by Gasteiger charge is 2.37. The van der Waals surface area contributed by atoms with Gasteiger partial charge in [-0.25, -0.2) is 9.40 Å². The summed E-state index contributed by atoms with van der Waals surface area (Å²) in [6, 6.07) is 13.3. The summed E-state index contributed by atoms with van der Waals surface area (Å²) >= 11 is 0. The summed E-state index contributed by atoms with van der Waals surface area (Å²) in [5, 5.41) is 18.1. The summed E-state index contributed by atoms with van der Waals surface area (Å²) < 4.78 is 30.2. The van der Waals surface area contributed by atoms with Crippen LogP contribution in [-0.4, -0.2) is 46.3 Å². The molecule has 0 fully saturated rings. The van der Waals surface area contributed by atoms with E-state index in [2.05, 4.69) is 47.4 Å². The zero-order valence-electron chi connectivity index (χ0n) is 25.5. The monoisotopic (exact) mass is 599 g/mol. The minimum atomic E-state index is -1.37. The van der Waals surface area contributed by atoms with Gasteiger partial charge in [0.05, 0.1) is 56.5 Å². The molecule has 1 aliphatic heterocycles. The highest BCUT2D eigenvalue weighted by atomic mass is 19.1. The Balaban J connectivity index is 1.34.